The third-order valence-corrected chi connectivity index (χ3v) is 3.37. The van der Waals surface area contributed by atoms with E-state index in [4.69, 9.17) is 4.74 Å². The van der Waals surface area contributed by atoms with Crippen molar-refractivity contribution in [1.82, 2.24) is 4.98 Å². The van der Waals surface area contributed by atoms with Gasteiger partial charge in [0.2, 0.25) is 0 Å². The highest BCUT2D eigenvalue weighted by molar-refractivity contribution is 5.48. The molecule has 0 spiro atoms. The number of hydrogen-bond donors (Lipinski definition) is 1. The highest BCUT2D eigenvalue weighted by Gasteiger charge is 2.21. The van der Waals surface area contributed by atoms with Gasteiger partial charge in [-0.15, -0.1) is 0 Å². The number of aliphatic hydroxyl groups excluding tert-OH is 1. The summed E-state index contributed by atoms with van der Waals surface area (Å²) in [5.74, 6) is 0.899. The zero-order chi connectivity index (χ0) is 13.0. The Hall–Kier alpha value is -1.13. The monoisotopic (exact) mass is 250 g/mol. The third kappa shape index (κ3) is 3.00. The lowest BCUT2D eigenvalue weighted by Gasteiger charge is -2.27. The Morgan fingerprint density at radius 2 is 2.44 bits per heavy atom. The molecule has 1 aliphatic rings. The molecule has 0 aliphatic carbocycles. The molecule has 2 rings (SSSR count). The number of rotatable bonds is 3. The van der Waals surface area contributed by atoms with Crippen molar-refractivity contribution < 1.29 is 9.84 Å². The average Bonchev–Trinajstić information content (AvgIpc) is 2.64. The summed E-state index contributed by atoms with van der Waals surface area (Å²) < 4.78 is 5.77. The van der Waals surface area contributed by atoms with Crippen LogP contribution in [0.15, 0.2) is 18.3 Å². The first-order chi connectivity index (χ1) is 8.72. The number of aliphatic hydroxyl groups is 1. The Labute approximate surface area is 109 Å². The normalized spacial score (nSPS) is 22.6. The van der Waals surface area contributed by atoms with Crippen molar-refractivity contribution in [2.45, 2.75) is 38.9 Å². The van der Waals surface area contributed by atoms with E-state index in [1.165, 1.54) is 0 Å². The van der Waals surface area contributed by atoms with Gasteiger partial charge in [-0.25, -0.2) is 4.98 Å². The lowest BCUT2D eigenvalue weighted by atomic mass is 10.1. The van der Waals surface area contributed by atoms with Crippen LogP contribution in [0.3, 0.4) is 0 Å². The number of nitrogens with zero attached hydrogens (tertiary/aromatic N) is 2. The van der Waals surface area contributed by atoms with Crippen LogP contribution in [0, 0.1) is 0 Å². The van der Waals surface area contributed by atoms with E-state index in [0.717, 1.165) is 43.9 Å². The lowest BCUT2D eigenvalue weighted by Crippen LogP contribution is -2.32. The van der Waals surface area contributed by atoms with Gasteiger partial charge in [0, 0.05) is 31.5 Å². The van der Waals surface area contributed by atoms with Crippen molar-refractivity contribution in [3.63, 3.8) is 0 Å². The molecule has 1 aromatic heterocycles. The summed E-state index contributed by atoms with van der Waals surface area (Å²) in [7, 11) is 0. The molecule has 0 bridgehead atoms. The van der Waals surface area contributed by atoms with Gasteiger partial charge in [-0.3, -0.25) is 0 Å². The third-order valence-electron chi connectivity index (χ3n) is 3.37. The summed E-state index contributed by atoms with van der Waals surface area (Å²) in [4.78, 5) is 6.68. The second-order valence-electron chi connectivity index (χ2n) is 4.79. The molecule has 0 saturated carbocycles. The maximum Gasteiger partial charge on any atom is 0.134 e. The van der Waals surface area contributed by atoms with E-state index in [0.29, 0.717) is 0 Å². The van der Waals surface area contributed by atoms with Gasteiger partial charge in [0.15, 0.2) is 0 Å². The highest BCUT2D eigenvalue weighted by Crippen LogP contribution is 2.25. The molecule has 100 valence electrons. The first-order valence-electron chi connectivity index (χ1n) is 6.72. The largest absolute Gasteiger partial charge is 0.389 e. The van der Waals surface area contributed by atoms with Gasteiger partial charge in [0.05, 0.1) is 12.2 Å². The van der Waals surface area contributed by atoms with Crippen LogP contribution in [-0.2, 0) is 4.74 Å². The van der Waals surface area contributed by atoms with E-state index >= 15 is 0 Å². The second kappa shape index (κ2) is 6.16. The first-order valence-corrected chi connectivity index (χ1v) is 6.72. The number of ether oxygens (including phenoxy) is 1. The minimum atomic E-state index is -0.488. The molecular weight excluding hydrogens is 228 g/mol. The Morgan fingerprint density at radius 1 is 1.61 bits per heavy atom. The van der Waals surface area contributed by atoms with Gasteiger partial charge >= 0.3 is 0 Å². The number of pyridine rings is 1. The van der Waals surface area contributed by atoms with Crippen molar-refractivity contribution in [3.05, 3.63) is 23.9 Å². The molecule has 2 heterocycles. The van der Waals surface area contributed by atoms with Gasteiger partial charge in [-0.2, -0.15) is 0 Å². The fraction of sp³-hybridized carbons (Fsp3) is 0.643. The average molecular weight is 250 g/mol. The van der Waals surface area contributed by atoms with Crippen LogP contribution in [0.1, 0.15) is 38.4 Å². The highest BCUT2D eigenvalue weighted by atomic mass is 16.5. The fourth-order valence-corrected chi connectivity index (χ4v) is 2.33. The van der Waals surface area contributed by atoms with Crippen LogP contribution in [0.25, 0.3) is 0 Å². The zero-order valence-corrected chi connectivity index (χ0v) is 11.2. The molecule has 2 unspecified atom stereocenters. The first kappa shape index (κ1) is 13.3. The van der Waals surface area contributed by atoms with Gasteiger partial charge in [0.1, 0.15) is 5.82 Å². The van der Waals surface area contributed by atoms with Crippen molar-refractivity contribution in [2.75, 3.05) is 24.6 Å². The summed E-state index contributed by atoms with van der Waals surface area (Å²) in [6.07, 6.45) is 3.57. The van der Waals surface area contributed by atoms with Crippen LogP contribution in [0.4, 0.5) is 5.82 Å². The molecule has 2 atom stereocenters. The summed E-state index contributed by atoms with van der Waals surface area (Å²) >= 11 is 0. The van der Waals surface area contributed by atoms with Crippen LogP contribution >= 0.6 is 0 Å². The Kier molecular flexibility index (Phi) is 4.55. The molecule has 1 aromatic rings. The number of anilines is 1. The quantitative estimate of drug-likeness (QED) is 0.892. The maximum absolute atomic E-state index is 9.83. The standard InChI is InChI=1S/C14H22N2O2/c1-3-12-10-16(8-5-9-18-12)14-13(11(2)17)6-4-7-15-14/h4,6-7,11-12,17H,3,5,8-10H2,1-2H3. The van der Waals surface area contributed by atoms with E-state index in [9.17, 15) is 5.11 Å². The Balaban J connectivity index is 2.23. The van der Waals surface area contributed by atoms with Crippen molar-refractivity contribution in [3.8, 4) is 0 Å². The minimum Gasteiger partial charge on any atom is -0.389 e. The molecule has 0 amide bonds. The summed E-state index contributed by atoms with van der Waals surface area (Å²) in [6.45, 7) is 6.53. The van der Waals surface area contributed by atoms with Crippen LogP contribution < -0.4 is 4.90 Å². The summed E-state index contributed by atoms with van der Waals surface area (Å²) in [5.41, 5.74) is 0.897. The van der Waals surface area contributed by atoms with E-state index in [1.807, 2.05) is 12.1 Å². The van der Waals surface area contributed by atoms with Crippen molar-refractivity contribution in [2.24, 2.45) is 0 Å². The van der Waals surface area contributed by atoms with Crippen molar-refractivity contribution >= 4 is 5.82 Å². The molecule has 18 heavy (non-hydrogen) atoms. The van der Waals surface area contributed by atoms with E-state index in [-0.39, 0.29) is 6.10 Å². The molecule has 1 saturated heterocycles. The Bertz CT molecular complexity index is 382. The molecule has 1 N–H and O–H groups in total. The fourth-order valence-electron chi connectivity index (χ4n) is 2.33. The summed E-state index contributed by atoms with van der Waals surface area (Å²) in [6, 6.07) is 3.82. The topological polar surface area (TPSA) is 45.6 Å². The van der Waals surface area contributed by atoms with Crippen LogP contribution in [0.5, 0.6) is 0 Å². The predicted molar refractivity (Wildman–Crippen MR) is 71.7 cm³/mol. The van der Waals surface area contributed by atoms with Crippen LogP contribution in [-0.4, -0.2) is 35.9 Å². The van der Waals surface area contributed by atoms with E-state index in [1.54, 1.807) is 13.1 Å². The minimum absolute atomic E-state index is 0.261. The SMILES string of the molecule is CCC1CN(c2ncccc2C(C)O)CCCO1. The molecule has 1 aliphatic heterocycles. The molecule has 0 radical (unpaired) electrons. The Morgan fingerprint density at radius 3 is 3.17 bits per heavy atom. The second-order valence-corrected chi connectivity index (χ2v) is 4.79. The molecule has 4 heteroatoms. The molecule has 1 fully saturated rings. The van der Waals surface area contributed by atoms with E-state index < -0.39 is 6.10 Å². The van der Waals surface area contributed by atoms with Gasteiger partial charge in [-0.05, 0) is 25.8 Å². The van der Waals surface area contributed by atoms with Gasteiger partial charge in [0.25, 0.3) is 0 Å². The van der Waals surface area contributed by atoms with Gasteiger partial charge < -0.3 is 14.7 Å². The van der Waals surface area contributed by atoms with E-state index in [2.05, 4.69) is 16.8 Å². The van der Waals surface area contributed by atoms with Gasteiger partial charge in [-0.1, -0.05) is 13.0 Å². The van der Waals surface area contributed by atoms with Crippen molar-refractivity contribution in [1.29, 1.82) is 0 Å². The maximum atomic E-state index is 9.83. The predicted octanol–water partition coefficient (Wildman–Crippen LogP) is 2.14. The summed E-state index contributed by atoms with van der Waals surface area (Å²) in [5, 5.41) is 9.83. The smallest absolute Gasteiger partial charge is 0.134 e. The molecular formula is C14H22N2O2. The molecule has 0 aromatic carbocycles. The zero-order valence-electron chi connectivity index (χ0n) is 11.2. The number of hydrogen-bond acceptors (Lipinski definition) is 4. The molecule has 4 nitrogen and oxygen atoms in total. The number of aromatic nitrogens is 1. The lowest BCUT2D eigenvalue weighted by molar-refractivity contribution is 0.0663. The van der Waals surface area contributed by atoms with Crippen LogP contribution in [0.2, 0.25) is 0 Å².